The molecule has 0 unspecified atom stereocenters. The fourth-order valence-electron chi connectivity index (χ4n) is 1.73. The largest absolute Gasteiger partial charge is 0.507 e. The molecular weight excluding hydrogens is 228 g/mol. The third-order valence-corrected chi connectivity index (χ3v) is 2.75. The Bertz CT molecular complexity index is 571. The minimum atomic E-state index is -0.196. The van der Waals surface area contributed by atoms with Crippen molar-refractivity contribution < 1.29 is 14.6 Å². The molecule has 0 heterocycles. The molecule has 0 aliphatic carbocycles. The Morgan fingerprint density at radius 1 is 1.11 bits per heavy atom. The van der Waals surface area contributed by atoms with E-state index in [1.165, 1.54) is 6.07 Å². The zero-order valence-electron chi connectivity index (χ0n) is 10.3. The number of aromatic hydroxyl groups is 1. The van der Waals surface area contributed by atoms with Crippen LogP contribution in [0.3, 0.4) is 0 Å². The number of benzene rings is 2. The smallest absolute Gasteiger partial charge is 0.196 e. The Morgan fingerprint density at radius 3 is 2.39 bits per heavy atom. The van der Waals surface area contributed by atoms with Crippen LogP contribution in [0.15, 0.2) is 42.5 Å². The Balaban J connectivity index is 2.38. The van der Waals surface area contributed by atoms with E-state index in [4.69, 9.17) is 4.74 Å². The first kappa shape index (κ1) is 12.2. The lowest BCUT2D eigenvalue weighted by molar-refractivity contribution is 0.103. The Morgan fingerprint density at radius 2 is 1.78 bits per heavy atom. The van der Waals surface area contributed by atoms with Gasteiger partial charge in [0.2, 0.25) is 0 Å². The zero-order valence-corrected chi connectivity index (χ0v) is 10.3. The van der Waals surface area contributed by atoms with E-state index in [1.807, 2.05) is 6.92 Å². The van der Waals surface area contributed by atoms with E-state index in [-0.39, 0.29) is 11.5 Å². The fourth-order valence-corrected chi connectivity index (χ4v) is 1.73. The first-order valence-electron chi connectivity index (χ1n) is 5.60. The highest BCUT2D eigenvalue weighted by Gasteiger charge is 2.13. The van der Waals surface area contributed by atoms with Gasteiger partial charge in [-0.3, -0.25) is 4.79 Å². The summed E-state index contributed by atoms with van der Waals surface area (Å²) in [5.41, 5.74) is 1.78. The number of hydrogen-bond acceptors (Lipinski definition) is 3. The summed E-state index contributed by atoms with van der Waals surface area (Å²) in [5, 5.41) is 9.72. The van der Waals surface area contributed by atoms with Gasteiger partial charge in [-0.05, 0) is 43.3 Å². The number of carbonyl (C=O) groups is 1. The molecule has 0 radical (unpaired) electrons. The normalized spacial score (nSPS) is 10.1. The molecule has 0 fully saturated rings. The lowest BCUT2D eigenvalue weighted by atomic mass is 10.0. The van der Waals surface area contributed by atoms with Gasteiger partial charge in [-0.25, -0.2) is 0 Å². The Labute approximate surface area is 106 Å². The summed E-state index contributed by atoms with van der Waals surface area (Å²) < 4.78 is 5.04. The van der Waals surface area contributed by atoms with Gasteiger partial charge in [0.05, 0.1) is 12.7 Å². The summed E-state index contributed by atoms with van der Waals surface area (Å²) in [6, 6.07) is 11.8. The highest BCUT2D eigenvalue weighted by atomic mass is 16.5. The number of rotatable bonds is 3. The molecular formula is C15H14O3. The Kier molecular flexibility index (Phi) is 3.33. The first-order chi connectivity index (χ1) is 8.61. The molecule has 2 rings (SSSR count). The molecule has 1 N–H and O–H groups in total. The molecule has 2 aromatic carbocycles. The van der Waals surface area contributed by atoms with E-state index < -0.39 is 0 Å². The lowest BCUT2D eigenvalue weighted by Gasteiger charge is -2.06. The van der Waals surface area contributed by atoms with E-state index in [1.54, 1.807) is 43.5 Å². The van der Waals surface area contributed by atoms with Crippen LogP contribution in [0.5, 0.6) is 11.5 Å². The van der Waals surface area contributed by atoms with E-state index in [9.17, 15) is 9.90 Å². The van der Waals surface area contributed by atoms with Gasteiger partial charge in [0, 0.05) is 5.56 Å². The number of aryl methyl sites for hydroxylation is 1. The average molecular weight is 242 g/mol. The van der Waals surface area contributed by atoms with Crippen LogP contribution < -0.4 is 4.74 Å². The number of phenolic OH excluding ortho intramolecular Hbond substituents is 1. The molecule has 0 atom stereocenters. The predicted octanol–water partition coefficient (Wildman–Crippen LogP) is 2.94. The van der Waals surface area contributed by atoms with Crippen molar-refractivity contribution in [2.24, 2.45) is 0 Å². The van der Waals surface area contributed by atoms with Crippen molar-refractivity contribution >= 4 is 5.78 Å². The van der Waals surface area contributed by atoms with Crippen molar-refractivity contribution in [1.29, 1.82) is 0 Å². The van der Waals surface area contributed by atoms with E-state index in [2.05, 4.69) is 0 Å². The molecule has 3 nitrogen and oxygen atoms in total. The molecule has 0 saturated carbocycles. The van der Waals surface area contributed by atoms with Crippen LogP contribution in [0.2, 0.25) is 0 Å². The minimum absolute atomic E-state index is 0.00131. The van der Waals surface area contributed by atoms with Gasteiger partial charge in [0.1, 0.15) is 11.5 Å². The summed E-state index contributed by atoms with van der Waals surface area (Å²) in [5.74, 6) is 0.500. The maximum atomic E-state index is 12.2. The summed E-state index contributed by atoms with van der Waals surface area (Å²) in [6.07, 6.45) is 0. The van der Waals surface area contributed by atoms with Crippen molar-refractivity contribution in [2.75, 3.05) is 7.11 Å². The number of carbonyl (C=O) groups excluding carboxylic acids is 1. The summed E-state index contributed by atoms with van der Waals surface area (Å²) in [6.45, 7) is 1.88. The molecule has 0 aromatic heterocycles. The average Bonchev–Trinajstić information content (AvgIpc) is 2.41. The number of phenols is 1. The molecule has 92 valence electrons. The van der Waals surface area contributed by atoms with Gasteiger partial charge in [0.15, 0.2) is 5.78 Å². The minimum Gasteiger partial charge on any atom is -0.507 e. The third kappa shape index (κ3) is 2.35. The number of ether oxygens (including phenoxy) is 1. The topological polar surface area (TPSA) is 46.5 Å². The SMILES string of the molecule is COc1ccc(C(=O)c2cc(C)ccc2O)cc1. The predicted molar refractivity (Wildman–Crippen MR) is 69.3 cm³/mol. The highest BCUT2D eigenvalue weighted by molar-refractivity contribution is 6.10. The number of ketones is 1. The Hall–Kier alpha value is -2.29. The molecule has 0 aliphatic rings. The van der Waals surface area contributed by atoms with Crippen LogP contribution >= 0.6 is 0 Å². The lowest BCUT2D eigenvalue weighted by Crippen LogP contribution is -2.02. The van der Waals surface area contributed by atoms with Crippen LogP contribution in [0.1, 0.15) is 21.5 Å². The van der Waals surface area contributed by atoms with Crippen LogP contribution in [0, 0.1) is 6.92 Å². The van der Waals surface area contributed by atoms with Crippen molar-refractivity contribution in [3.05, 3.63) is 59.2 Å². The van der Waals surface area contributed by atoms with Crippen molar-refractivity contribution in [3.63, 3.8) is 0 Å². The second-order valence-electron chi connectivity index (χ2n) is 4.08. The van der Waals surface area contributed by atoms with Crippen LogP contribution in [0.25, 0.3) is 0 Å². The van der Waals surface area contributed by atoms with Gasteiger partial charge in [-0.1, -0.05) is 11.6 Å². The third-order valence-electron chi connectivity index (χ3n) is 2.75. The monoisotopic (exact) mass is 242 g/mol. The van der Waals surface area contributed by atoms with Crippen molar-refractivity contribution in [3.8, 4) is 11.5 Å². The van der Waals surface area contributed by atoms with Gasteiger partial charge < -0.3 is 9.84 Å². The second-order valence-corrected chi connectivity index (χ2v) is 4.08. The molecule has 18 heavy (non-hydrogen) atoms. The second kappa shape index (κ2) is 4.92. The molecule has 0 spiro atoms. The van der Waals surface area contributed by atoms with Gasteiger partial charge in [-0.15, -0.1) is 0 Å². The van der Waals surface area contributed by atoms with Crippen LogP contribution in [-0.4, -0.2) is 18.0 Å². The maximum Gasteiger partial charge on any atom is 0.196 e. The van der Waals surface area contributed by atoms with E-state index in [0.29, 0.717) is 16.9 Å². The molecule has 0 aliphatic heterocycles. The fraction of sp³-hybridized carbons (Fsp3) is 0.133. The molecule has 2 aromatic rings. The first-order valence-corrected chi connectivity index (χ1v) is 5.60. The van der Waals surface area contributed by atoms with Crippen molar-refractivity contribution in [1.82, 2.24) is 0 Å². The van der Waals surface area contributed by atoms with Gasteiger partial charge in [-0.2, -0.15) is 0 Å². The summed E-state index contributed by atoms with van der Waals surface area (Å²) in [4.78, 5) is 12.2. The molecule has 0 bridgehead atoms. The van der Waals surface area contributed by atoms with Crippen LogP contribution in [-0.2, 0) is 0 Å². The van der Waals surface area contributed by atoms with Crippen LogP contribution in [0.4, 0.5) is 0 Å². The quantitative estimate of drug-likeness (QED) is 0.842. The standard InChI is InChI=1S/C15H14O3/c1-10-3-8-14(16)13(9-10)15(17)11-4-6-12(18-2)7-5-11/h3-9,16H,1-2H3. The zero-order chi connectivity index (χ0) is 13.1. The van der Waals surface area contributed by atoms with Gasteiger partial charge >= 0.3 is 0 Å². The number of methoxy groups -OCH3 is 1. The molecule has 0 amide bonds. The number of hydrogen-bond donors (Lipinski definition) is 1. The van der Waals surface area contributed by atoms with Crippen molar-refractivity contribution in [2.45, 2.75) is 6.92 Å². The highest BCUT2D eigenvalue weighted by Crippen LogP contribution is 2.22. The van der Waals surface area contributed by atoms with E-state index in [0.717, 1.165) is 5.56 Å². The molecule has 0 saturated heterocycles. The maximum absolute atomic E-state index is 12.2. The molecule has 3 heteroatoms. The van der Waals surface area contributed by atoms with Gasteiger partial charge in [0.25, 0.3) is 0 Å². The summed E-state index contributed by atoms with van der Waals surface area (Å²) in [7, 11) is 1.57. The summed E-state index contributed by atoms with van der Waals surface area (Å²) >= 11 is 0. The van der Waals surface area contributed by atoms with E-state index >= 15 is 0 Å².